The van der Waals surface area contributed by atoms with E-state index < -0.39 is 11.9 Å². The zero-order valence-electron chi connectivity index (χ0n) is 9.27. The molecule has 0 aliphatic carbocycles. The van der Waals surface area contributed by atoms with Crippen LogP contribution in [0.5, 0.6) is 0 Å². The van der Waals surface area contributed by atoms with E-state index in [1.165, 1.54) is 6.07 Å². The monoisotopic (exact) mass is 254 g/mol. The molecular weight excluding hydrogens is 243 g/mol. The standard InChI is InChI=1S/C12H12ClFN2O/c1-16-11(4-5-15-16)12(17)6-8-2-3-9(13)7-10(8)14/h2-5,7,12,17H,6H2,1H3. The fraction of sp³-hybridized carbons (Fsp3) is 0.250. The molecule has 0 bridgehead atoms. The summed E-state index contributed by atoms with van der Waals surface area (Å²) in [6.45, 7) is 0. The molecule has 5 heteroatoms. The highest BCUT2D eigenvalue weighted by Crippen LogP contribution is 2.21. The Bertz CT molecular complexity index is 527. The van der Waals surface area contributed by atoms with Crippen molar-refractivity contribution in [1.29, 1.82) is 0 Å². The van der Waals surface area contributed by atoms with Gasteiger partial charge in [-0.3, -0.25) is 4.68 Å². The van der Waals surface area contributed by atoms with Gasteiger partial charge in [-0.25, -0.2) is 4.39 Å². The van der Waals surface area contributed by atoms with Crippen LogP contribution >= 0.6 is 11.6 Å². The zero-order valence-corrected chi connectivity index (χ0v) is 10.0. The predicted molar refractivity (Wildman–Crippen MR) is 63.3 cm³/mol. The number of rotatable bonds is 3. The summed E-state index contributed by atoms with van der Waals surface area (Å²) in [4.78, 5) is 0. The molecule has 0 radical (unpaired) electrons. The predicted octanol–water partition coefficient (Wildman–Crippen LogP) is 2.49. The first-order valence-electron chi connectivity index (χ1n) is 5.18. The molecule has 0 spiro atoms. The second-order valence-corrected chi connectivity index (χ2v) is 4.27. The molecule has 0 saturated heterocycles. The zero-order chi connectivity index (χ0) is 12.4. The van der Waals surface area contributed by atoms with E-state index in [4.69, 9.17) is 11.6 Å². The number of nitrogens with zero attached hydrogens (tertiary/aromatic N) is 2. The van der Waals surface area contributed by atoms with Crippen LogP contribution in [0.3, 0.4) is 0 Å². The van der Waals surface area contributed by atoms with Crippen LogP contribution in [-0.2, 0) is 13.5 Å². The van der Waals surface area contributed by atoms with Crippen molar-refractivity contribution in [3.05, 3.63) is 52.6 Å². The molecule has 1 aromatic heterocycles. The molecule has 2 aromatic rings. The van der Waals surface area contributed by atoms with E-state index in [9.17, 15) is 9.50 Å². The highest BCUT2D eigenvalue weighted by atomic mass is 35.5. The second kappa shape index (κ2) is 4.85. The fourth-order valence-electron chi connectivity index (χ4n) is 1.71. The minimum atomic E-state index is -0.779. The number of aromatic nitrogens is 2. The van der Waals surface area contributed by atoms with Crippen LogP contribution in [0.15, 0.2) is 30.5 Å². The molecule has 2 rings (SSSR count). The highest BCUT2D eigenvalue weighted by molar-refractivity contribution is 6.30. The fourth-order valence-corrected chi connectivity index (χ4v) is 1.87. The Morgan fingerprint density at radius 3 is 2.82 bits per heavy atom. The van der Waals surface area contributed by atoms with Gasteiger partial charge >= 0.3 is 0 Å². The lowest BCUT2D eigenvalue weighted by Gasteiger charge is -2.11. The Labute approximate surface area is 103 Å². The van der Waals surface area contributed by atoms with Crippen molar-refractivity contribution in [2.75, 3.05) is 0 Å². The van der Waals surface area contributed by atoms with Crippen LogP contribution in [0, 0.1) is 5.82 Å². The molecule has 90 valence electrons. The van der Waals surface area contributed by atoms with E-state index in [-0.39, 0.29) is 6.42 Å². The first-order chi connectivity index (χ1) is 8.08. The van der Waals surface area contributed by atoms with Crippen molar-refractivity contribution >= 4 is 11.6 Å². The van der Waals surface area contributed by atoms with Crippen LogP contribution in [0.4, 0.5) is 4.39 Å². The van der Waals surface area contributed by atoms with E-state index in [1.54, 1.807) is 36.1 Å². The third kappa shape index (κ3) is 2.65. The number of aryl methyl sites for hydroxylation is 1. The summed E-state index contributed by atoms with van der Waals surface area (Å²) in [5.74, 6) is -0.404. The van der Waals surface area contributed by atoms with E-state index in [0.29, 0.717) is 16.3 Å². The minimum absolute atomic E-state index is 0.197. The van der Waals surface area contributed by atoms with Crippen molar-refractivity contribution in [3.63, 3.8) is 0 Å². The van der Waals surface area contributed by atoms with Crippen molar-refractivity contribution in [1.82, 2.24) is 9.78 Å². The number of hydrogen-bond donors (Lipinski definition) is 1. The normalized spacial score (nSPS) is 12.7. The van der Waals surface area contributed by atoms with Gasteiger partial charge in [0.25, 0.3) is 0 Å². The maximum absolute atomic E-state index is 13.5. The van der Waals surface area contributed by atoms with Gasteiger partial charge < -0.3 is 5.11 Å². The summed E-state index contributed by atoms with van der Waals surface area (Å²) >= 11 is 5.66. The number of aliphatic hydroxyl groups excluding tert-OH is 1. The maximum Gasteiger partial charge on any atom is 0.127 e. The van der Waals surface area contributed by atoms with Gasteiger partial charge in [-0.1, -0.05) is 17.7 Å². The molecule has 1 aromatic carbocycles. The summed E-state index contributed by atoms with van der Waals surface area (Å²) in [7, 11) is 1.73. The highest BCUT2D eigenvalue weighted by Gasteiger charge is 2.14. The molecular formula is C12H12ClFN2O. The van der Waals surface area contributed by atoms with Gasteiger partial charge in [-0.15, -0.1) is 0 Å². The van der Waals surface area contributed by atoms with E-state index in [1.807, 2.05) is 0 Å². The molecule has 0 fully saturated rings. The lowest BCUT2D eigenvalue weighted by molar-refractivity contribution is 0.167. The molecule has 1 heterocycles. The largest absolute Gasteiger partial charge is 0.386 e. The molecule has 0 aliphatic heterocycles. The first-order valence-corrected chi connectivity index (χ1v) is 5.55. The molecule has 1 N–H and O–H groups in total. The average Bonchev–Trinajstić information content (AvgIpc) is 2.68. The number of hydrogen-bond acceptors (Lipinski definition) is 2. The molecule has 17 heavy (non-hydrogen) atoms. The van der Waals surface area contributed by atoms with E-state index in [0.717, 1.165) is 0 Å². The molecule has 1 atom stereocenters. The van der Waals surface area contributed by atoms with Gasteiger partial charge in [0.1, 0.15) is 5.82 Å². The van der Waals surface area contributed by atoms with Gasteiger partial charge in [0.15, 0.2) is 0 Å². The second-order valence-electron chi connectivity index (χ2n) is 3.84. The summed E-state index contributed by atoms with van der Waals surface area (Å²) < 4.78 is 15.1. The van der Waals surface area contributed by atoms with Gasteiger partial charge in [0.2, 0.25) is 0 Å². The topological polar surface area (TPSA) is 38.0 Å². The molecule has 0 amide bonds. The minimum Gasteiger partial charge on any atom is -0.386 e. The number of halogens is 2. The number of aliphatic hydroxyl groups is 1. The van der Waals surface area contributed by atoms with Gasteiger partial charge in [-0.05, 0) is 23.8 Å². The first kappa shape index (κ1) is 12.1. The summed E-state index contributed by atoms with van der Waals surface area (Å²) in [6.07, 6.45) is 1.01. The van der Waals surface area contributed by atoms with Gasteiger partial charge in [-0.2, -0.15) is 5.10 Å². The lowest BCUT2D eigenvalue weighted by atomic mass is 10.1. The Hall–Kier alpha value is -1.39. The van der Waals surface area contributed by atoms with Crippen molar-refractivity contribution in [2.24, 2.45) is 7.05 Å². The smallest absolute Gasteiger partial charge is 0.127 e. The van der Waals surface area contributed by atoms with Crippen molar-refractivity contribution in [3.8, 4) is 0 Å². The van der Waals surface area contributed by atoms with E-state index >= 15 is 0 Å². The average molecular weight is 255 g/mol. The third-order valence-corrected chi connectivity index (χ3v) is 2.86. The molecule has 3 nitrogen and oxygen atoms in total. The molecule has 0 aliphatic rings. The SMILES string of the molecule is Cn1nccc1C(O)Cc1ccc(Cl)cc1F. The Balaban J connectivity index is 2.19. The van der Waals surface area contributed by atoms with Crippen molar-refractivity contribution in [2.45, 2.75) is 12.5 Å². The Kier molecular flexibility index (Phi) is 3.45. The van der Waals surface area contributed by atoms with Gasteiger partial charge in [0.05, 0.1) is 11.8 Å². The summed E-state index contributed by atoms with van der Waals surface area (Å²) in [6, 6.07) is 6.14. The Morgan fingerprint density at radius 1 is 1.47 bits per heavy atom. The van der Waals surface area contributed by atoms with Crippen LogP contribution in [0.25, 0.3) is 0 Å². The van der Waals surface area contributed by atoms with Crippen LogP contribution < -0.4 is 0 Å². The maximum atomic E-state index is 13.5. The summed E-state index contributed by atoms with van der Waals surface area (Å²) in [5.41, 5.74) is 1.09. The molecule has 1 unspecified atom stereocenters. The quantitative estimate of drug-likeness (QED) is 0.914. The molecule has 0 saturated carbocycles. The van der Waals surface area contributed by atoms with E-state index in [2.05, 4.69) is 5.10 Å². The Morgan fingerprint density at radius 2 is 2.24 bits per heavy atom. The number of benzene rings is 1. The van der Waals surface area contributed by atoms with Gasteiger partial charge in [0, 0.05) is 24.7 Å². The van der Waals surface area contributed by atoms with Crippen LogP contribution in [-0.4, -0.2) is 14.9 Å². The van der Waals surface area contributed by atoms with Crippen LogP contribution in [0.2, 0.25) is 5.02 Å². The lowest BCUT2D eigenvalue weighted by Crippen LogP contribution is -2.08. The van der Waals surface area contributed by atoms with Crippen molar-refractivity contribution < 1.29 is 9.50 Å². The summed E-state index contributed by atoms with van der Waals surface area (Å²) in [5, 5.41) is 14.3. The third-order valence-electron chi connectivity index (χ3n) is 2.63. The van der Waals surface area contributed by atoms with Crippen LogP contribution in [0.1, 0.15) is 17.4 Å².